The van der Waals surface area contributed by atoms with E-state index in [1.165, 1.54) is 0 Å². The van der Waals surface area contributed by atoms with Crippen molar-refractivity contribution in [1.29, 1.82) is 0 Å². The number of amides is 5. The summed E-state index contributed by atoms with van der Waals surface area (Å²) in [5, 5.41) is 11.3. The molecular formula is C23H29N5O3. The van der Waals surface area contributed by atoms with Gasteiger partial charge in [-0.05, 0) is 63.1 Å². The van der Waals surface area contributed by atoms with Gasteiger partial charge >= 0.3 is 12.1 Å². The average Bonchev–Trinajstić information content (AvgIpc) is 2.75. The molecule has 0 aliphatic carbocycles. The minimum Gasteiger partial charge on any atom is -0.354 e. The van der Waals surface area contributed by atoms with Crippen molar-refractivity contribution in [3.8, 4) is 0 Å². The highest BCUT2D eigenvalue weighted by Gasteiger charge is 2.28. The molecular weight excluding hydrogens is 394 g/mol. The monoisotopic (exact) mass is 423 g/mol. The number of urea groups is 2. The number of nitrogens with zero attached hydrogens (tertiary/aromatic N) is 1. The SMILES string of the molecule is CC(C)NC(=O)[C@H]1CCCN(C(=O)Nc2ccc(NC(=O)Nc3ccccc3)cc2)C1. The zero-order valence-corrected chi connectivity index (χ0v) is 17.9. The van der Waals surface area contributed by atoms with Gasteiger partial charge < -0.3 is 26.2 Å². The molecule has 0 bridgehead atoms. The zero-order chi connectivity index (χ0) is 22.2. The van der Waals surface area contributed by atoms with E-state index in [0.29, 0.717) is 30.2 Å². The number of carbonyl (C=O) groups is 3. The Morgan fingerprint density at radius 3 is 2.06 bits per heavy atom. The molecule has 2 aromatic carbocycles. The Labute approximate surface area is 182 Å². The first kappa shape index (κ1) is 22.1. The number of benzene rings is 2. The fourth-order valence-electron chi connectivity index (χ4n) is 3.43. The van der Waals surface area contributed by atoms with Gasteiger partial charge in [0.2, 0.25) is 5.91 Å². The third-order valence-electron chi connectivity index (χ3n) is 4.94. The Morgan fingerprint density at radius 1 is 0.871 bits per heavy atom. The Morgan fingerprint density at radius 2 is 1.45 bits per heavy atom. The van der Waals surface area contributed by atoms with Crippen molar-refractivity contribution in [3.05, 3.63) is 54.6 Å². The van der Waals surface area contributed by atoms with Crippen molar-refractivity contribution in [1.82, 2.24) is 10.2 Å². The number of para-hydroxylation sites is 1. The van der Waals surface area contributed by atoms with Gasteiger partial charge in [0, 0.05) is 36.2 Å². The highest BCUT2D eigenvalue weighted by Crippen LogP contribution is 2.19. The summed E-state index contributed by atoms with van der Waals surface area (Å²) in [6.45, 7) is 4.88. The fourth-order valence-corrected chi connectivity index (χ4v) is 3.43. The molecule has 1 aliphatic rings. The molecule has 1 aliphatic heterocycles. The first-order valence-electron chi connectivity index (χ1n) is 10.5. The van der Waals surface area contributed by atoms with Gasteiger partial charge in [0.1, 0.15) is 0 Å². The summed E-state index contributed by atoms with van der Waals surface area (Å²) in [4.78, 5) is 38.6. The van der Waals surface area contributed by atoms with Crippen molar-refractivity contribution in [2.75, 3.05) is 29.0 Å². The van der Waals surface area contributed by atoms with Crippen molar-refractivity contribution < 1.29 is 14.4 Å². The second-order valence-electron chi connectivity index (χ2n) is 7.90. The highest BCUT2D eigenvalue weighted by atomic mass is 16.2. The van der Waals surface area contributed by atoms with E-state index in [1.54, 1.807) is 41.3 Å². The summed E-state index contributed by atoms with van der Waals surface area (Å²) < 4.78 is 0. The zero-order valence-electron chi connectivity index (χ0n) is 17.9. The van der Waals surface area contributed by atoms with E-state index in [9.17, 15) is 14.4 Å². The van der Waals surface area contributed by atoms with Gasteiger partial charge in [0.25, 0.3) is 0 Å². The molecule has 164 valence electrons. The number of carbonyl (C=O) groups excluding carboxylic acids is 3. The van der Waals surface area contributed by atoms with Gasteiger partial charge in [-0.1, -0.05) is 18.2 Å². The van der Waals surface area contributed by atoms with Crippen LogP contribution < -0.4 is 21.3 Å². The molecule has 4 N–H and O–H groups in total. The van der Waals surface area contributed by atoms with E-state index in [-0.39, 0.29) is 29.9 Å². The molecule has 1 saturated heterocycles. The van der Waals surface area contributed by atoms with Crippen LogP contribution in [0, 0.1) is 5.92 Å². The van der Waals surface area contributed by atoms with Crippen LogP contribution in [0.25, 0.3) is 0 Å². The Bertz CT molecular complexity index is 899. The van der Waals surface area contributed by atoms with Crippen LogP contribution in [0.3, 0.4) is 0 Å². The Kier molecular flexibility index (Phi) is 7.48. The Hall–Kier alpha value is -3.55. The molecule has 1 heterocycles. The van der Waals surface area contributed by atoms with Gasteiger partial charge in [-0.15, -0.1) is 0 Å². The molecule has 31 heavy (non-hydrogen) atoms. The number of hydrogen-bond donors (Lipinski definition) is 4. The van der Waals surface area contributed by atoms with Gasteiger partial charge in [0.05, 0.1) is 5.92 Å². The lowest BCUT2D eigenvalue weighted by Crippen LogP contribution is -2.47. The smallest absolute Gasteiger partial charge is 0.323 e. The van der Waals surface area contributed by atoms with Crippen LogP contribution in [0.5, 0.6) is 0 Å². The van der Waals surface area contributed by atoms with Crippen molar-refractivity contribution in [2.45, 2.75) is 32.7 Å². The average molecular weight is 424 g/mol. The van der Waals surface area contributed by atoms with Crippen LogP contribution in [-0.4, -0.2) is 42.0 Å². The molecule has 0 saturated carbocycles. The highest BCUT2D eigenvalue weighted by molar-refractivity contribution is 6.00. The third kappa shape index (κ3) is 6.74. The second-order valence-corrected chi connectivity index (χ2v) is 7.90. The minimum atomic E-state index is -0.345. The molecule has 5 amide bonds. The number of anilines is 3. The molecule has 1 fully saturated rings. The maximum absolute atomic E-state index is 12.6. The van der Waals surface area contributed by atoms with Gasteiger partial charge in [0.15, 0.2) is 0 Å². The summed E-state index contributed by atoms with van der Waals surface area (Å²) in [6, 6.07) is 15.6. The summed E-state index contributed by atoms with van der Waals surface area (Å²) in [5.41, 5.74) is 1.92. The number of hydrogen-bond acceptors (Lipinski definition) is 3. The van der Waals surface area contributed by atoms with E-state index >= 15 is 0 Å². The van der Waals surface area contributed by atoms with Crippen molar-refractivity contribution in [3.63, 3.8) is 0 Å². The molecule has 0 radical (unpaired) electrons. The first-order chi connectivity index (χ1) is 14.9. The van der Waals surface area contributed by atoms with E-state index in [2.05, 4.69) is 21.3 Å². The van der Waals surface area contributed by atoms with E-state index in [4.69, 9.17) is 0 Å². The van der Waals surface area contributed by atoms with Crippen molar-refractivity contribution in [2.24, 2.45) is 5.92 Å². The Balaban J connectivity index is 1.50. The largest absolute Gasteiger partial charge is 0.354 e. The maximum atomic E-state index is 12.6. The van der Waals surface area contributed by atoms with Crippen molar-refractivity contribution >= 4 is 35.0 Å². The van der Waals surface area contributed by atoms with E-state index in [0.717, 1.165) is 12.8 Å². The summed E-state index contributed by atoms with van der Waals surface area (Å²) in [7, 11) is 0. The van der Waals surface area contributed by atoms with Crippen LogP contribution in [0.1, 0.15) is 26.7 Å². The first-order valence-corrected chi connectivity index (χ1v) is 10.5. The molecule has 2 aromatic rings. The molecule has 0 spiro atoms. The van der Waals surface area contributed by atoms with E-state index < -0.39 is 0 Å². The lowest BCUT2D eigenvalue weighted by Gasteiger charge is -2.32. The normalized spacial score (nSPS) is 15.8. The number of nitrogens with one attached hydrogen (secondary N) is 4. The molecule has 0 aromatic heterocycles. The molecule has 0 unspecified atom stereocenters. The van der Waals surface area contributed by atoms with Crippen LogP contribution in [0.15, 0.2) is 54.6 Å². The lowest BCUT2D eigenvalue weighted by atomic mass is 9.97. The second kappa shape index (κ2) is 10.5. The quantitative estimate of drug-likeness (QED) is 0.582. The van der Waals surface area contributed by atoms with Crippen LogP contribution in [-0.2, 0) is 4.79 Å². The molecule has 8 nitrogen and oxygen atoms in total. The molecule has 1 atom stereocenters. The minimum absolute atomic E-state index is 0.00305. The van der Waals surface area contributed by atoms with Gasteiger partial charge in [-0.3, -0.25) is 4.79 Å². The predicted molar refractivity (Wildman–Crippen MR) is 122 cm³/mol. The summed E-state index contributed by atoms with van der Waals surface area (Å²) in [5.74, 6) is -0.187. The fraction of sp³-hybridized carbons (Fsp3) is 0.348. The third-order valence-corrected chi connectivity index (χ3v) is 4.94. The topological polar surface area (TPSA) is 103 Å². The predicted octanol–water partition coefficient (Wildman–Crippen LogP) is 4.10. The number of piperidine rings is 1. The maximum Gasteiger partial charge on any atom is 0.323 e. The number of rotatable bonds is 5. The van der Waals surface area contributed by atoms with Crippen LogP contribution >= 0.6 is 0 Å². The summed E-state index contributed by atoms with van der Waals surface area (Å²) >= 11 is 0. The summed E-state index contributed by atoms with van der Waals surface area (Å²) in [6.07, 6.45) is 1.58. The number of likely N-dealkylation sites (tertiary alicyclic amines) is 1. The molecule has 3 rings (SSSR count). The van der Waals surface area contributed by atoms with Gasteiger partial charge in [-0.25, -0.2) is 9.59 Å². The van der Waals surface area contributed by atoms with Crippen LogP contribution in [0.4, 0.5) is 26.7 Å². The standard InChI is InChI=1S/C23H29N5O3/c1-16(2)24-21(29)17-7-6-14-28(15-17)23(31)27-20-12-10-19(11-13-20)26-22(30)25-18-8-4-3-5-9-18/h3-5,8-13,16-17H,6-7,14-15H2,1-2H3,(H,24,29)(H,27,31)(H2,25,26,30)/t17-/m0/s1. The van der Waals surface area contributed by atoms with Crippen LogP contribution in [0.2, 0.25) is 0 Å². The van der Waals surface area contributed by atoms with E-state index in [1.807, 2.05) is 32.0 Å². The lowest BCUT2D eigenvalue weighted by molar-refractivity contribution is -0.126. The van der Waals surface area contributed by atoms with Gasteiger partial charge in [-0.2, -0.15) is 0 Å². The molecule has 8 heteroatoms.